The minimum absolute atomic E-state index is 0.163. The summed E-state index contributed by atoms with van der Waals surface area (Å²) in [5.74, 6) is 0. The predicted molar refractivity (Wildman–Crippen MR) is 32.0 cm³/mol. The molecule has 8 heavy (non-hydrogen) atoms. The lowest BCUT2D eigenvalue weighted by molar-refractivity contribution is 0.232. The lowest BCUT2D eigenvalue weighted by Crippen LogP contribution is -2.31. The van der Waals surface area contributed by atoms with Crippen LogP contribution in [0.25, 0.3) is 0 Å². The number of aliphatic hydroxyl groups excluding tert-OH is 2. The maximum atomic E-state index is 8.34. The zero-order valence-corrected chi connectivity index (χ0v) is 5.17. The molecule has 0 spiro atoms. The summed E-state index contributed by atoms with van der Waals surface area (Å²) in [6.45, 7) is 1.61. The van der Waals surface area contributed by atoms with Gasteiger partial charge >= 0.3 is 0 Å². The van der Waals surface area contributed by atoms with Crippen molar-refractivity contribution in [1.82, 2.24) is 4.90 Å². The summed E-state index contributed by atoms with van der Waals surface area (Å²) < 4.78 is 0. The van der Waals surface area contributed by atoms with Gasteiger partial charge in [0.1, 0.15) is 20.1 Å². The number of rotatable bonds is 4. The first kappa shape index (κ1) is 7.88. The van der Waals surface area contributed by atoms with Crippen molar-refractivity contribution in [2.75, 3.05) is 33.4 Å². The van der Waals surface area contributed by atoms with Crippen molar-refractivity contribution >= 4 is 0 Å². The molecule has 49 valence electrons. The average molecular weight is 119 g/mol. The van der Waals surface area contributed by atoms with Crippen molar-refractivity contribution in [2.45, 2.75) is 0 Å². The first-order valence-corrected chi connectivity index (χ1v) is 2.71. The standard InChI is InChI=1S/C5H13NO2/c1-6(2-4-7)3-5-8/h7-8H,2-5H2,1H3/q+1. The summed E-state index contributed by atoms with van der Waals surface area (Å²) in [5.41, 5.74) is 0. The summed E-state index contributed by atoms with van der Waals surface area (Å²) in [4.78, 5) is 1.86. The highest BCUT2D eigenvalue weighted by molar-refractivity contribution is 4.52. The van der Waals surface area contributed by atoms with Gasteiger partial charge in [0.15, 0.2) is 0 Å². The van der Waals surface area contributed by atoms with Gasteiger partial charge in [-0.15, -0.1) is 0 Å². The maximum absolute atomic E-state index is 8.34. The molecular formula is C5H13NO2+. The molecule has 0 aromatic carbocycles. The van der Waals surface area contributed by atoms with Crippen LogP contribution in [0.2, 0.25) is 0 Å². The van der Waals surface area contributed by atoms with E-state index in [0.717, 1.165) is 0 Å². The molecule has 0 aliphatic heterocycles. The second-order valence-corrected chi connectivity index (χ2v) is 1.75. The number of nitrogens with zero attached hydrogens (tertiary/aromatic N) is 1. The van der Waals surface area contributed by atoms with E-state index in [2.05, 4.69) is 0 Å². The molecule has 0 aromatic rings. The third-order valence-electron chi connectivity index (χ3n) is 0.963. The van der Waals surface area contributed by atoms with Crippen LogP contribution in [0.15, 0.2) is 0 Å². The molecule has 2 N–H and O–H groups in total. The van der Waals surface area contributed by atoms with Gasteiger partial charge in [-0.05, 0) is 0 Å². The van der Waals surface area contributed by atoms with Crippen LogP contribution in [0.3, 0.4) is 0 Å². The summed E-state index contributed by atoms with van der Waals surface area (Å²) in [6, 6.07) is 0. The third-order valence-corrected chi connectivity index (χ3v) is 0.963. The summed E-state index contributed by atoms with van der Waals surface area (Å²) >= 11 is 0. The normalized spacial score (nSPS) is 10.5. The van der Waals surface area contributed by atoms with Crippen LogP contribution in [0, 0.1) is 0 Å². The van der Waals surface area contributed by atoms with Crippen LogP contribution in [0.4, 0.5) is 0 Å². The molecule has 3 heteroatoms. The van der Waals surface area contributed by atoms with Gasteiger partial charge in [0.2, 0.25) is 0 Å². The van der Waals surface area contributed by atoms with Gasteiger partial charge in [-0.25, -0.2) is 0 Å². The van der Waals surface area contributed by atoms with Crippen molar-refractivity contribution in [3.8, 4) is 0 Å². The van der Waals surface area contributed by atoms with Crippen molar-refractivity contribution in [3.05, 3.63) is 0 Å². The first-order chi connectivity index (χ1) is 3.81. The van der Waals surface area contributed by atoms with E-state index < -0.39 is 0 Å². The van der Waals surface area contributed by atoms with Gasteiger partial charge < -0.3 is 10.2 Å². The Kier molecular flexibility index (Phi) is 4.95. The molecule has 0 amide bonds. The molecule has 0 atom stereocenters. The second kappa shape index (κ2) is 5.03. The number of hydrogen-bond acceptors (Lipinski definition) is 3. The smallest absolute Gasteiger partial charge is 0.145 e. The monoisotopic (exact) mass is 119 g/mol. The Morgan fingerprint density at radius 2 is 1.50 bits per heavy atom. The van der Waals surface area contributed by atoms with Gasteiger partial charge in [-0.2, -0.15) is 4.90 Å². The largest absolute Gasteiger partial charge is 0.390 e. The molecule has 0 fully saturated rings. The summed E-state index contributed by atoms with van der Waals surface area (Å²) in [5, 5.41) is 16.7. The van der Waals surface area contributed by atoms with Crippen molar-refractivity contribution in [2.24, 2.45) is 0 Å². The molecule has 0 aliphatic rings. The number of aliphatic hydroxyl groups is 2. The van der Waals surface area contributed by atoms with E-state index >= 15 is 0 Å². The fourth-order valence-corrected chi connectivity index (χ4v) is 0.453. The molecule has 0 saturated heterocycles. The molecule has 0 aliphatic carbocycles. The lowest BCUT2D eigenvalue weighted by Gasteiger charge is -2.00. The molecular weight excluding hydrogens is 106 g/mol. The van der Waals surface area contributed by atoms with Gasteiger partial charge in [0.25, 0.3) is 0 Å². The highest BCUT2D eigenvalue weighted by Gasteiger charge is 2.02. The zero-order valence-electron chi connectivity index (χ0n) is 5.17. The van der Waals surface area contributed by atoms with Crippen LogP contribution in [-0.2, 0) is 0 Å². The SMILES string of the molecule is C[N+](CCO)CCO. The molecule has 3 nitrogen and oxygen atoms in total. The fourth-order valence-electron chi connectivity index (χ4n) is 0.453. The maximum Gasteiger partial charge on any atom is 0.145 e. The Hall–Kier alpha value is -0.120. The van der Waals surface area contributed by atoms with Crippen LogP contribution in [-0.4, -0.2) is 43.6 Å². The lowest BCUT2D eigenvalue weighted by atomic mass is 10.5. The molecule has 0 aromatic heterocycles. The Balaban J connectivity index is 2.92. The van der Waals surface area contributed by atoms with Gasteiger partial charge in [-0.1, -0.05) is 0 Å². The highest BCUT2D eigenvalue weighted by Crippen LogP contribution is 1.71. The molecule has 0 heterocycles. The van der Waals surface area contributed by atoms with E-state index in [0.29, 0.717) is 13.1 Å². The average Bonchev–Trinajstić information content (AvgIpc) is 1.68. The predicted octanol–water partition coefficient (Wildman–Crippen LogP) is -1.26. The topological polar surface area (TPSA) is 46.4 Å². The Labute approximate surface area is 49.5 Å². The molecule has 0 bridgehead atoms. The summed E-state index contributed by atoms with van der Waals surface area (Å²) in [6.07, 6.45) is 0. The fraction of sp³-hybridized carbons (Fsp3) is 1.00. The van der Waals surface area contributed by atoms with Gasteiger partial charge in [0, 0.05) is 0 Å². The molecule has 0 saturated carbocycles. The van der Waals surface area contributed by atoms with Crippen molar-refractivity contribution in [1.29, 1.82) is 0 Å². The summed E-state index contributed by atoms with van der Waals surface area (Å²) in [7, 11) is 1.85. The molecule has 1 radical (unpaired) electrons. The van der Waals surface area contributed by atoms with Gasteiger partial charge in [0.05, 0.1) is 13.2 Å². The quantitative estimate of drug-likeness (QED) is 0.454. The number of hydrogen-bond donors (Lipinski definition) is 2. The van der Waals surface area contributed by atoms with E-state index in [1.54, 1.807) is 0 Å². The van der Waals surface area contributed by atoms with E-state index in [4.69, 9.17) is 10.2 Å². The van der Waals surface area contributed by atoms with E-state index in [1.165, 1.54) is 0 Å². The third kappa shape index (κ3) is 4.05. The second-order valence-electron chi connectivity index (χ2n) is 1.75. The Bertz CT molecular complexity index is 43.7. The number of likely N-dealkylation sites (N-methyl/N-ethyl adjacent to an activating group) is 1. The van der Waals surface area contributed by atoms with Crippen molar-refractivity contribution in [3.63, 3.8) is 0 Å². The first-order valence-electron chi connectivity index (χ1n) is 2.71. The Morgan fingerprint density at radius 1 is 1.12 bits per heavy atom. The van der Waals surface area contributed by atoms with E-state index in [9.17, 15) is 0 Å². The highest BCUT2D eigenvalue weighted by atomic mass is 16.3. The van der Waals surface area contributed by atoms with Gasteiger partial charge in [-0.3, -0.25) is 0 Å². The Morgan fingerprint density at radius 3 is 1.75 bits per heavy atom. The minimum atomic E-state index is 0.163. The van der Waals surface area contributed by atoms with Crippen LogP contribution < -0.4 is 4.90 Å². The van der Waals surface area contributed by atoms with Crippen LogP contribution in [0.5, 0.6) is 0 Å². The van der Waals surface area contributed by atoms with Crippen LogP contribution >= 0.6 is 0 Å². The molecule has 0 unspecified atom stereocenters. The van der Waals surface area contributed by atoms with E-state index in [1.807, 2.05) is 11.9 Å². The minimum Gasteiger partial charge on any atom is -0.390 e. The van der Waals surface area contributed by atoms with E-state index in [-0.39, 0.29) is 13.2 Å². The van der Waals surface area contributed by atoms with Crippen molar-refractivity contribution < 1.29 is 10.2 Å². The van der Waals surface area contributed by atoms with Crippen LogP contribution in [0.1, 0.15) is 0 Å². The molecule has 0 rings (SSSR count). The zero-order chi connectivity index (χ0) is 6.41.